The average Bonchev–Trinajstić information content (AvgIpc) is 2.51. The molecule has 1 atom stereocenters. The van der Waals surface area contributed by atoms with Crippen LogP contribution in [0.25, 0.3) is 0 Å². The molecule has 0 bridgehead atoms. The maximum atomic E-state index is 12.5. The van der Waals surface area contributed by atoms with Gasteiger partial charge in [-0.25, -0.2) is 9.59 Å². The SMILES string of the molecule is CC1=C(C(=O)OCCOC(C)C)[C@@H](c2ccc(Cl)cc2)NC(=O)N1. The van der Waals surface area contributed by atoms with Crippen LogP contribution in [0.15, 0.2) is 35.5 Å². The third kappa shape index (κ3) is 4.72. The average molecular weight is 353 g/mol. The standard InChI is InChI=1S/C17H21ClN2O4/c1-10(2)23-8-9-24-16(21)14-11(3)19-17(22)20-15(14)12-4-6-13(18)7-5-12/h4-7,10,15H,8-9H2,1-3H3,(H2,19,20,22)/t15-/m1/s1. The van der Waals surface area contributed by atoms with Gasteiger partial charge in [0.1, 0.15) is 6.61 Å². The molecule has 2 rings (SSSR count). The molecule has 1 aromatic carbocycles. The van der Waals surface area contributed by atoms with Gasteiger partial charge in [-0.3, -0.25) is 0 Å². The Morgan fingerprint density at radius 2 is 1.92 bits per heavy atom. The summed E-state index contributed by atoms with van der Waals surface area (Å²) in [7, 11) is 0. The van der Waals surface area contributed by atoms with Crippen molar-refractivity contribution in [3.63, 3.8) is 0 Å². The number of amides is 2. The highest BCUT2D eigenvalue weighted by Gasteiger charge is 2.32. The zero-order valence-electron chi connectivity index (χ0n) is 13.9. The molecular weight excluding hydrogens is 332 g/mol. The summed E-state index contributed by atoms with van der Waals surface area (Å²) in [4.78, 5) is 24.2. The number of allylic oxidation sites excluding steroid dienone is 1. The summed E-state index contributed by atoms with van der Waals surface area (Å²) in [6.07, 6.45) is 0.0714. The molecule has 0 aliphatic carbocycles. The number of hydrogen-bond acceptors (Lipinski definition) is 4. The molecule has 6 nitrogen and oxygen atoms in total. The highest BCUT2D eigenvalue weighted by molar-refractivity contribution is 6.30. The molecule has 1 aliphatic heterocycles. The van der Waals surface area contributed by atoms with Crippen LogP contribution in [-0.2, 0) is 14.3 Å². The largest absolute Gasteiger partial charge is 0.460 e. The molecule has 24 heavy (non-hydrogen) atoms. The minimum absolute atomic E-state index is 0.0714. The van der Waals surface area contributed by atoms with E-state index in [0.29, 0.717) is 22.9 Å². The van der Waals surface area contributed by atoms with Crippen molar-refractivity contribution in [3.8, 4) is 0 Å². The van der Waals surface area contributed by atoms with Crippen LogP contribution in [0.3, 0.4) is 0 Å². The quantitative estimate of drug-likeness (QED) is 0.609. The van der Waals surface area contributed by atoms with Gasteiger partial charge in [-0.2, -0.15) is 0 Å². The second kappa shape index (κ2) is 8.17. The molecule has 1 aromatic rings. The zero-order chi connectivity index (χ0) is 17.7. The van der Waals surface area contributed by atoms with Gasteiger partial charge in [0.2, 0.25) is 0 Å². The minimum atomic E-state index is -0.588. The molecule has 0 saturated heterocycles. The van der Waals surface area contributed by atoms with E-state index >= 15 is 0 Å². The van der Waals surface area contributed by atoms with E-state index in [0.717, 1.165) is 5.56 Å². The molecule has 0 spiro atoms. The minimum Gasteiger partial charge on any atom is -0.460 e. The fraction of sp³-hybridized carbons (Fsp3) is 0.412. The summed E-state index contributed by atoms with van der Waals surface area (Å²) in [6.45, 7) is 5.95. The van der Waals surface area contributed by atoms with Gasteiger partial charge >= 0.3 is 12.0 Å². The number of carbonyl (C=O) groups excluding carboxylic acids is 2. The van der Waals surface area contributed by atoms with Gasteiger partial charge < -0.3 is 20.1 Å². The predicted octanol–water partition coefficient (Wildman–Crippen LogP) is 2.94. The normalized spacial score (nSPS) is 17.5. The van der Waals surface area contributed by atoms with Crippen molar-refractivity contribution in [2.24, 2.45) is 0 Å². The van der Waals surface area contributed by atoms with E-state index in [9.17, 15) is 9.59 Å². The van der Waals surface area contributed by atoms with Crippen molar-refractivity contribution in [1.82, 2.24) is 10.6 Å². The van der Waals surface area contributed by atoms with Gasteiger partial charge in [0.15, 0.2) is 0 Å². The van der Waals surface area contributed by atoms with Gasteiger partial charge in [-0.15, -0.1) is 0 Å². The van der Waals surface area contributed by atoms with Crippen LogP contribution >= 0.6 is 11.6 Å². The van der Waals surface area contributed by atoms with Crippen LogP contribution in [0.4, 0.5) is 4.79 Å². The van der Waals surface area contributed by atoms with Gasteiger partial charge in [0.25, 0.3) is 0 Å². The lowest BCUT2D eigenvalue weighted by atomic mass is 9.96. The number of urea groups is 1. The van der Waals surface area contributed by atoms with Crippen LogP contribution in [0.1, 0.15) is 32.4 Å². The summed E-state index contributed by atoms with van der Waals surface area (Å²) in [5.41, 5.74) is 1.58. The Morgan fingerprint density at radius 3 is 2.54 bits per heavy atom. The Balaban J connectivity index is 2.16. The maximum absolute atomic E-state index is 12.5. The molecule has 1 heterocycles. The van der Waals surface area contributed by atoms with Crippen molar-refractivity contribution < 1.29 is 19.1 Å². The third-order valence-corrected chi connectivity index (χ3v) is 3.71. The summed E-state index contributed by atoms with van der Waals surface area (Å²) >= 11 is 5.90. The van der Waals surface area contributed by atoms with Crippen molar-refractivity contribution in [2.45, 2.75) is 32.9 Å². The van der Waals surface area contributed by atoms with E-state index in [4.69, 9.17) is 21.1 Å². The van der Waals surface area contributed by atoms with Crippen LogP contribution in [-0.4, -0.2) is 31.3 Å². The van der Waals surface area contributed by atoms with Crippen LogP contribution in [0.2, 0.25) is 5.02 Å². The first-order valence-electron chi connectivity index (χ1n) is 7.71. The smallest absolute Gasteiger partial charge is 0.338 e. The predicted molar refractivity (Wildman–Crippen MR) is 90.6 cm³/mol. The van der Waals surface area contributed by atoms with E-state index in [1.54, 1.807) is 31.2 Å². The highest BCUT2D eigenvalue weighted by Crippen LogP contribution is 2.28. The Bertz CT molecular complexity index is 640. The van der Waals surface area contributed by atoms with Gasteiger partial charge in [-0.05, 0) is 38.5 Å². The van der Waals surface area contributed by atoms with Crippen LogP contribution in [0.5, 0.6) is 0 Å². The molecule has 2 N–H and O–H groups in total. The van der Waals surface area contributed by atoms with Crippen molar-refractivity contribution in [1.29, 1.82) is 0 Å². The number of nitrogens with one attached hydrogen (secondary N) is 2. The lowest BCUT2D eigenvalue weighted by Crippen LogP contribution is -2.45. The summed E-state index contributed by atoms with van der Waals surface area (Å²) in [5, 5.41) is 5.92. The zero-order valence-corrected chi connectivity index (χ0v) is 14.6. The number of hydrogen-bond donors (Lipinski definition) is 2. The molecule has 130 valence electrons. The molecule has 1 aliphatic rings. The summed E-state index contributed by atoms with van der Waals surface area (Å²) in [5.74, 6) is -0.493. The van der Waals surface area contributed by atoms with Crippen molar-refractivity contribution in [3.05, 3.63) is 46.1 Å². The van der Waals surface area contributed by atoms with E-state index in [1.807, 2.05) is 13.8 Å². The third-order valence-electron chi connectivity index (χ3n) is 3.46. The van der Waals surface area contributed by atoms with E-state index in [2.05, 4.69) is 10.6 Å². The van der Waals surface area contributed by atoms with Gasteiger partial charge in [0.05, 0.1) is 24.3 Å². The molecule has 7 heteroatoms. The molecule has 0 saturated carbocycles. The Kier molecular flexibility index (Phi) is 6.23. The topological polar surface area (TPSA) is 76.7 Å². The van der Waals surface area contributed by atoms with Crippen LogP contribution < -0.4 is 10.6 Å². The number of rotatable bonds is 6. The number of benzene rings is 1. The molecular formula is C17H21ClN2O4. The van der Waals surface area contributed by atoms with E-state index < -0.39 is 12.0 Å². The molecule has 0 unspecified atom stereocenters. The summed E-state index contributed by atoms with van der Waals surface area (Å²) in [6, 6.07) is 5.99. The maximum Gasteiger partial charge on any atom is 0.338 e. The lowest BCUT2D eigenvalue weighted by Gasteiger charge is -2.28. The fourth-order valence-corrected chi connectivity index (χ4v) is 2.49. The number of ether oxygens (including phenoxy) is 2. The Labute approximate surface area is 146 Å². The highest BCUT2D eigenvalue weighted by atomic mass is 35.5. The molecule has 0 aromatic heterocycles. The van der Waals surface area contributed by atoms with Crippen molar-refractivity contribution >= 4 is 23.6 Å². The molecule has 0 fully saturated rings. The first-order chi connectivity index (χ1) is 11.4. The van der Waals surface area contributed by atoms with Crippen molar-refractivity contribution in [2.75, 3.05) is 13.2 Å². The number of halogens is 1. The first kappa shape index (κ1) is 18.3. The number of carbonyl (C=O) groups is 2. The molecule has 2 amide bonds. The van der Waals surface area contributed by atoms with Gasteiger partial charge in [-0.1, -0.05) is 23.7 Å². The molecule has 0 radical (unpaired) electrons. The van der Waals surface area contributed by atoms with E-state index in [-0.39, 0.29) is 18.7 Å². The Morgan fingerprint density at radius 1 is 1.25 bits per heavy atom. The Hall–Kier alpha value is -2.05. The number of esters is 1. The van der Waals surface area contributed by atoms with E-state index in [1.165, 1.54) is 0 Å². The second-order valence-corrected chi connectivity index (χ2v) is 6.11. The van der Waals surface area contributed by atoms with Gasteiger partial charge in [0, 0.05) is 10.7 Å². The first-order valence-corrected chi connectivity index (χ1v) is 8.08. The second-order valence-electron chi connectivity index (χ2n) is 5.68. The van der Waals surface area contributed by atoms with Crippen LogP contribution in [0, 0.1) is 0 Å². The fourth-order valence-electron chi connectivity index (χ4n) is 2.37. The lowest BCUT2D eigenvalue weighted by molar-refractivity contribution is -0.141. The monoisotopic (exact) mass is 352 g/mol. The summed E-state index contributed by atoms with van der Waals surface area (Å²) < 4.78 is 10.6.